The van der Waals surface area contributed by atoms with Crippen molar-refractivity contribution < 1.29 is 19.4 Å². The van der Waals surface area contributed by atoms with Gasteiger partial charge in [0.1, 0.15) is 11.5 Å². The Bertz CT molecular complexity index is 689. The smallest absolute Gasteiger partial charge is 0.304 e. The summed E-state index contributed by atoms with van der Waals surface area (Å²) in [6.45, 7) is 4.00. The Morgan fingerprint density at radius 3 is 2.22 bits per heavy atom. The Balaban J connectivity index is 2.49. The highest BCUT2D eigenvalue weighted by Crippen LogP contribution is 2.34. The summed E-state index contributed by atoms with van der Waals surface area (Å²) >= 11 is 0. The number of benzene rings is 2. The molecule has 0 aliphatic carbocycles. The second-order valence-corrected chi connectivity index (χ2v) is 5.59. The number of methoxy groups -OCH3 is 2. The molecule has 0 amide bonds. The average molecular weight is 314 g/mol. The molecule has 0 bridgehead atoms. The first-order valence-electron chi connectivity index (χ1n) is 7.47. The third kappa shape index (κ3) is 3.83. The van der Waals surface area contributed by atoms with E-state index in [1.165, 1.54) is 0 Å². The maximum Gasteiger partial charge on any atom is 0.304 e. The molecule has 2 aromatic carbocycles. The lowest BCUT2D eigenvalue weighted by atomic mass is 9.86. The highest BCUT2D eigenvalue weighted by atomic mass is 16.5. The number of hydrogen-bond acceptors (Lipinski definition) is 3. The van der Waals surface area contributed by atoms with Gasteiger partial charge in [-0.3, -0.25) is 4.79 Å². The van der Waals surface area contributed by atoms with Crippen LogP contribution in [0.25, 0.3) is 0 Å². The van der Waals surface area contributed by atoms with Crippen LogP contribution in [0.4, 0.5) is 0 Å². The van der Waals surface area contributed by atoms with E-state index in [0.717, 1.165) is 33.8 Å². The first kappa shape index (κ1) is 16.9. The Morgan fingerprint density at radius 1 is 1.04 bits per heavy atom. The molecule has 4 heteroatoms. The lowest BCUT2D eigenvalue weighted by Crippen LogP contribution is -2.09. The molecular formula is C19H22O4. The van der Waals surface area contributed by atoms with Gasteiger partial charge in [0.2, 0.25) is 0 Å². The standard InChI is InChI=1S/C19H22O4/c1-12-9-15(10-18(23-4)13(12)2)17(11-19(20)21)14-5-7-16(22-3)8-6-14/h5-10,17H,11H2,1-4H3,(H,20,21). The van der Waals surface area contributed by atoms with Gasteiger partial charge in [-0.1, -0.05) is 18.2 Å². The van der Waals surface area contributed by atoms with Crippen LogP contribution in [0, 0.1) is 13.8 Å². The van der Waals surface area contributed by atoms with Gasteiger partial charge in [-0.15, -0.1) is 0 Å². The van der Waals surface area contributed by atoms with Gasteiger partial charge in [0.25, 0.3) is 0 Å². The minimum absolute atomic E-state index is 0.0258. The van der Waals surface area contributed by atoms with Crippen LogP contribution in [-0.4, -0.2) is 25.3 Å². The molecule has 0 fully saturated rings. The number of aliphatic carboxylic acids is 1. The number of carbonyl (C=O) groups is 1. The van der Waals surface area contributed by atoms with Crippen LogP contribution < -0.4 is 9.47 Å². The van der Waals surface area contributed by atoms with Crippen LogP contribution in [0.2, 0.25) is 0 Å². The average Bonchev–Trinajstić information content (AvgIpc) is 2.55. The van der Waals surface area contributed by atoms with Gasteiger partial charge in [-0.25, -0.2) is 0 Å². The topological polar surface area (TPSA) is 55.8 Å². The Kier molecular flexibility index (Phi) is 5.27. The fourth-order valence-electron chi connectivity index (χ4n) is 2.71. The SMILES string of the molecule is COc1ccc(C(CC(=O)O)c2cc(C)c(C)c(OC)c2)cc1. The van der Waals surface area contributed by atoms with Gasteiger partial charge < -0.3 is 14.6 Å². The fourth-order valence-corrected chi connectivity index (χ4v) is 2.71. The number of carboxylic acid groups (broad SMARTS) is 1. The second kappa shape index (κ2) is 7.18. The molecule has 122 valence electrons. The normalized spacial score (nSPS) is 11.8. The Morgan fingerprint density at radius 2 is 1.70 bits per heavy atom. The summed E-state index contributed by atoms with van der Waals surface area (Å²) < 4.78 is 10.6. The maximum atomic E-state index is 11.3. The van der Waals surface area contributed by atoms with E-state index in [-0.39, 0.29) is 12.3 Å². The summed E-state index contributed by atoms with van der Waals surface area (Å²) in [5, 5.41) is 9.30. The lowest BCUT2D eigenvalue weighted by Gasteiger charge is -2.19. The molecule has 2 aromatic rings. The van der Waals surface area contributed by atoms with E-state index in [9.17, 15) is 9.90 Å². The molecule has 1 unspecified atom stereocenters. The molecule has 4 nitrogen and oxygen atoms in total. The van der Waals surface area contributed by atoms with E-state index in [1.54, 1.807) is 14.2 Å². The van der Waals surface area contributed by atoms with Crippen molar-refractivity contribution in [3.05, 3.63) is 58.7 Å². The molecule has 2 rings (SSSR count). The molecule has 0 saturated carbocycles. The zero-order chi connectivity index (χ0) is 17.0. The molecule has 0 aromatic heterocycles. The van der Waals surface area contributed by atoms with Crippen molar-refractivity contribution in [3.63, 3.8) is 0 Å². The molecule has 1 N–H and O–H groups in total. The quantitative estimate of drug-likeness (QED) is 0.878. The van der Waals surface area contributed by atoms with E-state index in [1.807, 2.05) is 50.2 Å². The summed E-state index contributed by atoms with van der Waals surface area (Å²) in [5.74, 6) is 0.471. The zero-order valence-electron chi connectivity index (χ0n) is 13.9. The molecule has 0 saturated heterocycles. The van der Waals surface area contributed by atoms with Crippen molar-refractivity contribution in [1.82, 2.24) is 0 Å². The lowest BCUT2D eigenvalue weighted by molar-refractivity contribution is -0.137. The monoisotopic (exact) mass is 314 g/mol. The van der Waals surface area contributed by atoms with Crippen molar-refractivity contribution in [2.75, 3.05) is 14.2 Å². The number of ether oxygens (including phenoxy) is 2. The van der Waals surface area contributed by atoms with Gasteiger partial charge in [0.05, 0.1) is 20.6 Å². The maximum absolute atomic E-state index is 11.3. The molecule has 23 heavy (non-hydrogen) atoms. The minimum Gasteiger partial charge on any atom is -0.497 e. The third-order valence-corrected chi connectivity index (χ3v) is 4.16. The van der Waals surface area contributed by atoms with Gasteiger partial charge >= 0.3 is 5.97 Å². The van der Waals surface area contributed by atoms with Crippen LogP contribution in [0.3, 0.4) is 0 Å². The first-order chi connectivity index (χ1) is 11.0. The zero-order valence-corrected chi connectivity index (χ0v) is 13.9. The highest BCUT2D eigenvalue weighted by Gasteiger charge is 2.20. The van der Waals surface area contributed by atoms with Crippen LogP contribution in [0.1, 0.15) is 34.6 Å². The van der Waals surface area contributed by atoms with Gasteiger partial charge in [0, 0.05) is 5.92 Å². The minimum atomic E-state index is -0.831. The fraction of sp³-hybridized carbons (Fsp3) is 0.316. The van der Waals surface area contributed by atoms with Crippen molar-refractivity contribution in [3.8, 4) is 11.5 Å². The van der Waals surface area contributed by atoms with E-state index in [0.29, 0.717) is 0 Å². The first-order valence-corrected chi connectivity index (χ1v) is 7.47. The molecule has 0 aliphatic rings. The van der Waals surface area contributed by atoms with Crippen molar-refractivity contribution in [1.29, 1.82) is 0 Å². The van der Waals surface area contributed by atoms with E-state index in [4.69, 9.17) is 9.47 Å². The van der Waals surface area contributed by atoms with E-state index in [2.05, 4.69) is 0 Å². The van der Waals surface area contributed by atoms with Gasteiger partial charge in [-0.2, -0.15) is 0 Å². The van der Waals surface area contributed by atoms with E-state index >= 15 is 0 Å². The number of carboxylic acids is 1. The van der Waals surface area contributed by atoms with Crippen LogP contribution in [0.5, 0.6) is 11.5 Å². The number of rotatable bonds is 6. The van der Waals surface area contributed by atoms with Gasteiger partial charge in [0.15, 0.2) is 0 Å². The van der Waals surface area contributed by atoms with E-state index < -0.39 is 5.97 Å². The summed E-state index contributed by atoms with van der Waals surface area (Å²) in [6.07, 6.45) is 0.0258. The van der Waals surface area contributed by atoms with Gasteiger partial charge in [-0.05, 0) is 54.3 Å². The summed E-state index contributed by atoms with van der Waals surface area (Å²) in [4.78, 5) is 11.3. The van der Waals surface area contributed by atoms with Crippen molar-refractivity contribution in [2.24, 2.45) is 0 Å². The molecule has 1 atom stereocenters. The Hall–Kier alpha value is -2.49. The second-order valence-electron chi connectivity index (χ2n) is 5.59. The third-order valence-electron chi connectivity index (χ3n) is 4.16. The highest BCUT2D eigenvalue weighted by molar-refractivity contribution is 5.69. The largest absolute Gasteiger partial charge is 0.497 e. The van der Waals surface area contributed by atoms with Crippen LogP contribution >= 0.6 is 0 Å². The van der Waals surface area contributed by atoms with Crippen molar-refractivity contribution >= 4 is 5.97 Å². The predicted molar refractivity (Wildman–Crippen MR) is 89.6 cm³/mol. The predicted octanol–water partition coefficient (Wildman–Crippen LogP) is 3.93. The molecular weight excluding hydrogens is 292 g/mol. The molecule has 0 radical (unpaired) electrons. The van der Waals surface area contributed by atoms with Crippen LogP contribution in [-0.2, 0) is 4.79 Å². The summed E-state index contributed by atoms with van der Waals surface area (Å²) in [6, 6.07) is 11.5. The molecule has 0 aliphatic heterocycles. The summed E-state index contributed by atoms with van der Waals surface area (Å²) in [5.41, 5.74) is 4.04. The summed E-state index contributed by atoms with van der Waals surface area (Å²) in [7, 11) is 3.24. The van der Waals surface area contributed by atoms with Crippen molar-refractivity contribution in [2.45, 2.75) is 26.2 Å². The number of aryl methyl sites for hydroxylation is 1. The molecule has 0 spiro atoms. The number of hydrogen-bond donors (Lipinski definition) is 1. The van der Waals surface area contributed by atoms with Crippen LogP contribution in [0.15, 0.2) is 36.4 Å². The molecule has 0 heterocycles. The Labute approximate surface area is 136 Å².